The number of nitrogens with zero attached hydrogens (tertiary/aromatic N) is 1. The number of amides is 1. The summed E-state index contributed by atoms with van der Waals surface area (Å²) in [5, 5.41) is 5.96. The molecular weight excluding hydrogens is 274 g/mol. The second-order valence-corrected chi connectivity index (χ2v) is 6.29. The van der Waals surface area contributed by atoms with Gasteiger partial charge in [-0.05, 0) is 27.7 Å². The number of thiazole rings is 1. The Kier molecular flexibility index (Phi) is 6.67. The molecule has 1 aromatic heterocycles. The maximum atomic E-state index is 11.4. The molecule has 1 rings (SSSR count). The number of hydrogen-bond acceptors (Lipinski definition) is 5. The van der Waals surface area contributed by atoms with E-state index in [1.165, 1.54) is 4.88 Å². The van der Waals surface area contributed by atoms with Gasteiger partial charge in [-0.1, -0.05) is 12.2 Å². The van der Waals surface area contributed by atoms with Crippen LogP contribution in [0.5, 0.6) is 0 Å². The first-order valence-electron chi connectivity index (χ1n) is 6.60. The molecule has 0 aliphatic carbocycles. The van der Waals surface area contributed by atoms with Crippen LogP contribution < -0.4 is 10.6 Å². The Bertz CT molecular complexity index is 450. The molecule has 0 atom stereocenters. The maximum Gasteiger partial charge on any atom is 0.407 e. The Morgan fingerprint density at radius 2 is 2.10 bits per heavy atom. The molecule has 1 amide bonds. The van der Waals surface area contributed by atoms with Crippen molar-refractivity contribution >= 4 is 17.4 Å². The average molecular weight is 297 g/mol. The third-order valence-corrected chi connectivity index (χ3v) is 3.26. The number of hydrogen-bond donors (Lipinski definition) is 2. The first-order valence-corrected chi connectivity index (χ1v) is 7.48. The summed E-state index contributed by atoms with van der Waals surface area (Å²) in [6.45, 7) is 9.58. The number of rotatable bonds is 6. The lowest BCUT2D eigenvalue weighted by Crippen LogP contribution is -2.32. The smallest absolute Gasteiger partial charge is 0.407 e. The Labute approximate surface area is 124 Å². The molecule has 0 aliphatic rings. The van der Waals surface area contributed by atoms with Crippen molar-refractivity contribution in [2.75, 3.05) is 13.1 Å². The number of aryl methyl sites for hydroxylation is 1. The minimum atomic E-state index is -0.456. The third-order valence-electron chi connectivity index (χ3n) is 2.32. The van der Waals surface area contributed by atoms with Crippen molar-refractivity contribution < 1.29 is 9.53 Å². The lowest BCUT2D eigenvalue weighted by Gasteiger charge is -2.19. The van der Waals surface area contributed by atoms with E-state index in [-0.39, 0.29) is 0 Å². The van der Waals surface area contributed by atoms with Crippen LogP contribution in [0.15, 0.2) is 17.7 Å². The van der Waals surface area contributed by atoms with Gasteiger partial charge in [-0.2, -0.15) is 0 Å². The molecule has 6 heteroatoms. The van der Waals surface area contributed by atoms with Gasteiger partial charge < -0.3 is 15.4 Å². The fraction of sp³-hybridized carbons (Fsp3) is 0.571. The minimum absolute atomic E-state index is 0.393. The van der Waals surface area contributed by atoms with Gasteiger partial charge >= 0.3 is 6.09 Å². The quantitative estimate of drug-likeness (QED) is 0.626. The number of carbonyl (C=O) groups is 1. The van der Waals surface area contributed by atoms with E-state index in [2.05, 4.69) is 15.6 Å². The van der Waals surface area contributed by atoms with Gasteiger partial charge in [-0.3, -0.25) is 0 Å². The molecule has 0 fully saturated rings. The molecule has 112 valence electrons. The van der Waals surface area contributed by atoms with Gasteiger partial charge in [0.15, 0.2) is 0 Å². The van der Waals surface area contributed by atoms with Gasteiger partial charge in [0.05, 0.1) is 11.2 Å². The van der Waals surface area contributed by atoms with Crippen molar-refractivity contribution in [2.45, 2.75) is 39.8 Å². The molecule has 0 unspecified atom stereocenters. The van der Waals surface area contributed by atoms with Crippen LogP contribution in [0, 0.1) is 6.92 Å². The minimum Gasteiger partial charge on any atom is -0.444 e. The van der Waals surface area contributed by atoms with Crippen LogP contribution in [0.25, 0.3) is 0 Å². The van der Waals surface area contributed by atoms with Gasteiger partial charge in [0.1, 0.15) is 5.60 Å². The molecule has 2 N–H and O–H groups in total. The van der Waals surface area contributed by atoms with Crippen molar-refractivity contribution in [3.8, 4) is 0 Å². The molecule has 0 spiro atoms. The fourth-order valence-corrected chi connectivity index (χ4v) is 2.13. The monoisotopic (exact) mass is 297 g/mol. The normalized spacial score (nSPS) is 11.8. The van der Waals surface area contributed by atoms with Crippen LogP contribution in [0.4, 0.5) is 4.79 Å². The third kappa shape index (κ3) is 7.25. The Morgan fingerprint density at radius 3 is 2.70 bits per heavy atom. The van der Waals surface area contributed by atoms with Gasteiger partial charge in [-0.15, -0.1) is 11.3 Å². The Balaban J connectivity index is 2.08. The topological polar surface area (TPSA) is 63.2 Å². The summed E-state index contributed by atoms with van der Waals surface area (Å²) in [5.74, 6) is 0. The van der Waals surface area contributed by atoms with Crippen molar-refractivity contribution in [3.05, 3.63) is 28.2 Å². The van der Waals surface area contributed by atoms with Crippen LogP contribution >= 0.6 is 11.3 Å². The highest BCUT2D eigenvalue weighted by Gasteiger charge is 2.14. The van der Waals surface area contributed by atoms with E-state index in [0.717, 1.165) is 18.8 Å². The van der Waals surface area contributed by atoms with Gasteiger partial charge in [0, 0.05) is 24.5 Å². The fourth-order valence-electron chi connectivity index (χ4n) is 1.39. The van der Waals surface area contributed by atoms with Crippen molar-refractivity contribution in [1.82, 2.24) is 15.6 Å². The molecule has 1 aromatic rings. The summed E-state index contributed by atoms with van der Waals surface area (Å²) in [7, 11) is 0. The first kappa shape index (κ1) is 16.7. The summed E-state index contributed by atoms with van der Waals surface area (Å²) < 4.78 is 5.12. The van der Waals surface area contributed by atoms with E-state index in [4.69, 9.17) is 4.74 Å². The molecule has 0 saturated heterocycles. The lowest BCUT2D eigenvalue weighted by atomic mass is 10.2. The van der Waals surface area contributed by atoms with Crippen LogP contribution in [-0.4, -0.2) is 29.8 Å². The number of nitrogens with one attached hydrogen (secondary N) is 2. The maximum absolute atomic E-state index is 11.4. The highest BCUT2D eigenvalue weighted by Crippen LogP contribution is 2.10. The summed E-state index contributed by atoms with van der Waals surface area (Å²) in [6.07, 6.45) is 3.49. The van der Waals surface area contributed by atoms with Gasteiger partial charge in [0.2, 0.25) is 0 Å². The van der Waals surface area contributed by atoms with E-state index in [0.29, 0.717) is 6.54 Å². The summed E-state index contributed by atoms with van der Waals surface area (Å²) >= 11 is 1.66. The number of alkyl carbamates (subject to hydrolysis) is 1. The highest BCUT2D eigenvalue weighted by atomic mass is 32.1. The van der Waals surface area contributed by atoms with Gasteiger partial charge in [-0.25, -0.2) is 9.78 Å². The first-order chi connectivity index (χ1) is 9.38. The molecule has 0 saturated carbocycles. The van der Waals surface area contributed by atoms with Crippen LogP contribution in [-0.2, 0) is 11.3 Å². The zero-order valence-electron chi connectivity index (χ0n) is 12.5. The van der Waals surface area contributed by atoms with Crippen LogP contribution in [0.3, 0.4) is 0 Å². The zero-order chi connectivity index (χ0) is 15.0. The van der Waals surface area contributed by atoms with Crippen LogP contribution in [0.2, 0.25) is 0 Å². The molecule has 0 aliphatic heterocycles. The van der Waals surface area contributed by atoms with E-state index in [9.17, 15) is 4.79 Å². The second-order valence-electron chi connectivity index (χ2n) is 5.35. The number of aromatic nitrogens is 1. The molecular formula is C14H23N3O2S. The SMILES string of the molecule is Cc1ncsc1CNC/C=C/CNC(=O)OC(C)(C)C. The number of carbonyl (C=O) groups excluding carboxylic acids is 1. The van der Waals surface area contributed by atoms with Crippen molar-refractivity contribution in [2.24, 2.45) is 0 Å². The standard InChI is InChI=1S/C14H23N3O2S/c1-11-12(20-10-17-11)9-15-7-5-6-8-16-13(18)19-14(2,3)4/h5-6,10,15H,7-9H2,1-4H3,(H,16,18)/b6-5+. The highest BCUT2D eigenvalue weighted by molar-refractivity contribution is 7.09. The van der Waals surface area contributed by atoms with E-state index in [1.807, 2.05) is 45.4 Å². The summed E-state index contributed by atoms with van der Waals surface area (Å²) in [5.41, 5.74) is 2.48. The largest absolute Gasteiger partial charge is 0.444 e. The molecule has 0 bridgehead atoms. The Morgan fingerprint density at radius 1 is 1.40 bits per heavy atom. The summed E-state index contributed by atoms with van der Waals surface area (Å²) in [6, 6.07) is 0. The lowest BCUT2D eigenvalue weighted by molar-refractivity contribution is 0.0534. The zero-order valence-corrected chi connectivity index (χ0v) is 13.3. The molecule has 1 heterocycles. The van der Waals surface area contributed by atoms with Crippen LogP contribution in [0.1, 0.15) is 31.3 Å². The predicted octanol–water partition coefficient (Wildman–Crippen LogP) is 2.62. The molecule has 5 nitrogen and oxygen atoms in total. The Hall–Kier alpha value is -1.40. The van der Waals surface area contributed by atoms with Crippen molar-refractivity contribution in [3.63, 3.8) is 0 Å². The summed E-state index contributed by atoms with van der Waals surface area (Å²) in [4.78, 5) is 16.8. The van der Waals surface area contributed by atoms with Crippen molar-refractivity contribution in [1.29, 1.82) is 0 Å². The van der Waals surface area contributed by atoms with E-state index >= 15 is 0 Å². The average Bonchev–Trinajstić information content (AvgIpc) is 2.71. The molecule has 0 aromatic carbocycles. The van der Waals surface area contributed by atoms with E-state index in [1.54, 1.807) is 11.3 Å². The van der Waals surface area contributed by atoms with Gasteiger partial charge in [0.25, 0.3) is 0 Å². The number of ether oxygens (including phenoxy) is 1. The predicted molar refractivity (Wildman–Crippen MR) is 81.9 cm³/mol. The molecule has 20 heavy (non-hydrogen) atoms. The van der Waals surface area contributed by atoms with E-state index < -0.39 is 11.7 Å². The molecule has 0 radical (unpaired) electrons. The second kappa shape index (κ2) is 8.01.